The Morgan fingerprint density at radius 3 is 2.47 bits per heavy atom. The van der Waals surface area contributed by atoms with Crippen LogP contribution in [-0.2, 0) is 19.1 Å². The molecule has 0 aromatic carbocycles. The molecule has 17 heavy (non-hydrogen) atoms. The quantitative estimate of drug-likeness (QED) is 0.882. The van der Waals surface area contributed by atoms with Crippen LogP contribution in [0.2, 0.25) is 0 Å². The Labute approximate surface area is 103 Å². The topological polar surface area (TPSA) is 24.9 Å². The Hall–Kier alpha value is -0.620. The van der Waals surface area contributed by atoms with Crippen LogP contribution in [0.3, 0.4) is 0 Å². The number of thiazole rings is 1. The van der Waals surface area contributed by atoms with Crippen molar-refractivity contribution in [1.82, 2.24) is 10.3 Å². The van der Waals surface area contributed by atoms with Gasteiger partial charge < -0.3 is 5.32 Å². The van der Waals surface area contributed by atoms with Crippen molar-refractivity contribution in [2.45, 2.75) is 39.9 Å². The lowest BCUT2D eigenvalue weighted by Crippen LogP contribution is -2.15. The van der Waals surface area contributed by atoms with Gasteiger partial charge in [-0.15, -0.1) is 11.3 Å². The first-order valence-corrected chi connectivity index (χ1v) is 6.42. The van der Waals surface area contributed by atoms with E-state index in [2.05, 4.69) is 10.3 Å². The molecule has 1 heterocycles. The third-order valence-corrected chi connectivity index (χ3v) is 3.21. The van der Waals surface area contributed by atoms with Gasteiger partial charge in [0.15, 0.2) is 5.69 Å². The molecule has 0 saturated heterocycles. The molecule has 0 fully saturated rings. The average molecular weight is 266 g/mol. The van der Waals surface area contributed by atoms with E-state index in [0.29, 0.717) is 23.9 Å². The molecule has 0 saturated carbocycles. The predicted molar refractivity (Wildman–Crippen MR) is 63.0 cm³/mol. The fraction of sp³-hybridized carbons (Fsp3) is 0.727. The Morgan fingerprint density at radius 2 is 2.00 bits per heavy atom. The second-order valence-electron chi connectivity index (χ2n) is 4.26. The third kappa shape index (κ3) is 4.27. The van der Waals surface area contributed by atoms with Gasteiger partial charge in [0.25, 0.3) is 0 Å². The van der Waals surface area contributed by atoms with Crippen LogP contribution >= 0.6 is 11.3 Å². The van der Waals surface area contributed by atoms with Gasteiger partial charge in [-0.25, -0.2) is 4.98 Å². The van der Waals surface area contributed by atoms with Gasteiger partial charge in [0.2, 0.25) is 0 Å². The zero-order valence-corrected chi connectivity index (χ0v) is 11.0. The molecule has 1 N–H and O–H groups in total. The molecule has 2 nitrogen and oxygen atoms in total. The van der Waals surface area contributed by atoms with E-state index in [1.165, 1.54) is 0 Å². The van der Waals surface area contributed by atoms with E-state index in [1.807, 2.05) is 20.8 Å². The van der Waals surface area contributed by atoms with E-state index in [-0.39, 0.29) is 11.4 Å². The summed E-state index contributed by atoms with van der Waals surface area (Å²) in [6.45, 7) is 6.69. The van der Waals surface area contributed by atoms with Crippen LogP contribution in [-0.4, -0.2) is 11.5 Å². The standard InChI is InChI=1S/C11H17F3N2S/c1-4-15-6-8-10(11(12,13)14)16-9(17-8)5-7(2)3/h7,15H,4-6H2,1-3H3. The van der Waals surface area contributed by atoms with Crippen molar-refractivity contribution in [3.63, 3.8) is 0 Å². The fourth-order valence-corrected chi connectivity index (χ4v) is 2.69. The second kappa shape index (κ2) is 5.82. The van der Waals surface area contributed by atoms with E-state index in [1.54, 1.807) is 0 Å². The highest BCUT2D eigenvalue weighted by Gasteiger charge is 2.37. The third-order valence-electron chi connectivity index (χ3n) is 2.13. The van der Waals surface area contributed by atoms with Crippen molar-refractivity contribution in [2.24, 2.45) is 5.92 Å². The van der Waals surface area contributed by atoms with Crippen LogP contribution in [0.5, 0.6) is 0 Å². The minimum atomic E-state index is -4.35. The van der Waals surface area contributed by atoms with Gasteiger partial charge in [0, 0.05) is 13.0 Å². The molecule has 0 unspecified atom stereocenters. The molecule has 0 aliphatic rings. The summed E-state index contributed by atoms with van der Waals surface area (Å²) in [6, 6.07) is 0. The average Bonchev–Trinajstić information content (AvgIpc) is 2.56. The summed E-state index contributed by atoms with van der Waals surface area (Å²) in [5.41, 5.74) is -0.723. The first kappa shape index (κ1) is 14.4. The number of nitrogens with one attached hydrogen (secondary N) is 1. The Kier molecular flexibility index (Phi) is 4.94. The number of hydrogen-bond acceptors (Lipinski definition) is 3. The molecule has 0 radical (unpaired) electrons. The fourth-order valence-electron chi connectivity index (χ4n) is 1.42. The van der Waals surface area contributed by atoms with Crippen molar-refractivity contribution in [1.29, 1.82) is 0 Å². The molecule has 0 aliphatic carbocycles. The number of alkyl halides is 3. The van der Waals surface area contributed by atoms with Crippen LogP contribution in [0.4, 0.5) is 13.2 Å². The van der Waals surface area contributed by atoms with Crippen molar-refractivity contribution in [3.05, 3.63) is 15.6 Å². The maximum atomic E-state index is 12.7. The van der Waals surface area contributed by atoms with E-state index in [4.69, 9.17) is 0 Å². The molecule has 0 bridgehead atoms. The number of hydrogen-bond donors (Lipinski definition) is 1. The number of rotatable bonds is 5. The van der Waals surface area contributed by atoms with Crippen LogP contribution in [0, 0.1) is 5.92 Å². The molecule has 98 valence electrons. The SMILES string of the molecule is CCNCc1sc(CC(C)C)nc1C(F)(F)F. The molecular weight excluding hydrogens is 249 g/mol. The van der Waals surface area contributed by atoms with Gasteiger partial charge in [-0.3, -0.25) is 0 Å². The molecule has 6 heteroatoms. The highest BCUT2D eigenvalue weighted by atomic mass is 32.1. The molecule has 0 aliphatic heterocycles. The zero-order chi connectivity index (χ0) is 13.1. The minimum absolute atomic E-state index is 0.237. The van der Waals surface area contributed by atoms with Gasteiger partial charge in [-0.2, -0.15) is 13.2 Å². The molecule has 0 atom stereocenters. The molecular formula is C11H17F3N2S. The van der Waals surface area contributed by atoms with Gasteiger partial charge >= 0.3 is 6.18 Å². The van der Waals surface area contributed by atoms with Gasteiger partial charge in [0.05, 0.1) is 9.88 Å². The van der Waals surface area contributed by atoms with E-state index >= 15 is 0 Å². The van der Waals surface area contributed by atoms with E-state index < -0.39 is 11.9 Å². The van der Waals surface area contributed by atoms with Crippen molar-refractivity contribution >= 4 is 11.3 Å². The maximum absolute atomic E-state index is 12.7. The van der Waals surface area contributed by atoms with E-state index in [0.717, 1.165) is 11.3 Å². The van der Waals surface area contributed by atoms with Crippen molar-refractivity contribution in [2.75, 3.05) is 6.54 Å². The lowest BCUT2D eigenvalue weighted by Gasteiger charge is -2.05. The lowest BCUT2D eigenvalue weighted by atomic mass is 10.1. The molecule has 0 spiro atoms. The minimum Gasteiger partial charge on any atom is -0.312 e. The molecule has 0 amide bonds. The zero-order valence-electron chi connectivity index (χ0n) is 10.2. The first-order chi connectivity index (χ1) is 7.84. The summed E-state index contributed by atoms with van der Waals surface area (Å²) in [7, 11) is 0. The molecule has 1 aromatic heterocycles. The molecule has 1 rings (SSSR count). The Balaban J connectivity index is 2.95. The maximum Gasteiger partial charge on any atom is 0.434 e. The smallest absolute Gasteiger partial charge is 0.312 e. The second-order valence-corrected chi connectivity index (χ2v) is 5.42. The van der Waals surface area contributed by atoms with Crippen LogP contribution in [0.15, 0.2) is 0 Å². The Morgan fingerprint density at radius 1 is 1.35 bits per heavy atom. The van der Waals surface area contributed by atoms with Crippen LogP contribution in [0.25, 0.3) is 0 Å². The van der Waals surface area contributed by atoms with Gasteiger partial charge in [0.1, 0.15) is 0 Å². The number of aromatic nitrogens is 1. The summed E-state index contributed by atoms with van der Waals surface area (Å²) < 4.78 is 38.2. The van der Waals surface area contributed by atoms with Crippen LogP contribution in [0.1, 0.15) is 36.3 Å². The van der Waals surface area contributed by atoms with Crippen LogP contribution < -0.4 is 5.32 Å². The summed E-state index contributed by atoms with van der Waals surface area (Å²) in [5.74, 6) is 0.314. The first-order valence-electron chi connectivity index (χ1n) is 5.61. The number of nitrogens with zero attached hydrogens (tertiary/aromatic N) is 1. The summed E-state index contributed by atoms with van der Waals surface area (Å²) in [5, 5.41) is 3.48. The predicted octanol–water partition coefficient (Wildman–Crippen LogP) is 3.47. The van der Waals surface area contributed by atoms with E-state index in [9.17, 15) is 13.2 Å². The monoisotopic (exact) mass is 266 g/mol. The lowest BCUT2D eigenvalue weighted by molar-refractivity contribution is -0.141. The summed E-state index contributed by atoms with van der Waals surface area (Å²) in [4.78, 5) is 4.02. The normalized spacial score (nSPS) is 12.4. The highest BCUT2D eigenvalue weighted by Crippen LogP contribution is 2.34. The Bertz CT molecular complexity index is 358. The molecule has 1 aromatic rings. The van der Waals surface area contributed by atoms with Gasteiger partial charge in [-0.05, 0) is 12.5 Å². The van der Waals surface area contributed by atoms with Crippen molar-refractivity contribution < 1.29 is 13.2 Å². The summed E-state index contributed by atoms with van der Waals surface area (Å²) >= 11 is 1.16. The highest BCUT2D eigenvalue weighted by molar-refractivity contribution is 7.11. The summed E-state index contributed by atoms with van der Waals surface area (Å²) in [6.07, 6.45) is -3.75. The number of halogens is 3. The van der Waals surface area contributed by atoms with Crippen molar-refractivity contribution in [3.8, 4) is 0 Å². The largest absolute Gasteiger partial charge is 0.434 e. The van der Waals surface area contributed by atoms with Gasteiger partial charge in [-0.1, -0.05) is 20.8 Å².